The zero-order valence-electron chi connectivity index (χ0n) is 16.2. The second-order valence-corrected chi connectivity index (χ2v) is 7.03. The van der Waals surface area contributed by atoms with Gasteiger partial charge in [0, 0.05) is 44.1 Å². The fourth-order valence-electron chi connectivity index (χ4n) is 3.45. The molecule has 0 aliphatic heterocycles. The number of rotatable bonds is 5. The van der Waals surface area contributed by atoms with E-state index in [0.717, 1.165) is 16.6 Å². The SMILES string of the molecule is CN(Cc1cccnc1)C(=O)c1cn(Cc2ccccc2)c2ccccc2c1=O. The van der Waals surface area contributed by atoms with Crippen molar-refractivity contribution in [1.82, 2.24) is 14.5 Å². The van der Waals surface area contributed by atoms with Gasteiger partial charge in [-0.2, -0.15) is 0 Å². The quantitative estimate of drug-likeness (QED) is 0.528. The Balaban J connectivity index is 1.75. The van der Waals surface area contributed by atoms with E-state index in [4.69, 9.17) is 0 Å². The number of fused-ring (bicyclic) bond motifs is 1. The molecule has 0 aliphatic rings. The van der Waals surface area contributed by atoms with Gasteiger partial charge in [0.15, 0.2) is 0 Å². The standard InChI is InChI=1S/C24H21N3O2/c1-26(15-19-10-7-13-25-14-19)24(29)21-17-27(16-18-8-3-2-4-9-18)22-12-6-5-11-20(22)23(21)28/h2-14,17H,15-16H2,1H3. The summed E-state index contributed by atoms with van der Waals surface area (Å²) in [7, 11) is 1.70. The van der Waals surface area contributed by atoms with Crippen LogP contribution >= 0.6 is 0 Å². The lowest BCUT2D eigenvalue weighted by Crippen LogP contribution is -2.31. The van der Waals surface area contributed by atoms with Crippen molar-refractivity contribution in [3.05, 3.63) is 112 Å². The van der Waals surface area contributed by atoms with E-state index in [9.17, 15) is 9.59 Å². The van der Waals surface area contributed by atoms with Crippen molar-refractivity contribution < 1.29 is 4.79 Å². The first-order valence-electron chi connectivity index (χ1n) is 9.44. The summed E-state index contributed by atoms with van der Waals surface area (Å²) in [6, 6.07) is 21.1. The molecular formula is C24H21N3O2. The van der Waals surface area contributed by atoms with E-state index in [2.05, 4.69) is 4.98 Å². The Bertz CT molecular complexity index is 1200. The van der Waals surface area contributed by atoms with Gasteiger partial charge in [-0.15, -0.1) is 0 Å². The highest BCUT2D eigenvalue weighted by atomic mass is 16.2. The molecule has 0 unspecified atom stereocenters. The van der Waals surface area contributed by atoms with Crippen LogP contribution in [-0.4, -0.2) is 27.4 Å². The molecule has 0 spiro atoms. The fraction of sp³-hybridized carbons (Fsp3) is 0.125. The number of aromatic nitrogens is 2. The van der Waals surface area contributed by atoms with Crippen molar-refractivity contribution in [3.8, 4) is 0 Å². The summed E-state index contributed by atoms with van der Waals surface area (Å²) >= 11 is 0. The summed E-state index contributed by atoms with van der Waals surface area (Å²) in [5.74, 6) is -0.300. The highest BCUT2D eigenvalue weighted by molar-refractivity contribution is 5.97. The summed E-state index contributed by atoms with van der Waals surface area (Å²) < 4.78 is 1.97. The van der Waals surface area contributed by atoms with Crippen LogP contribution in [0.15, 0.2) is 90.1 Å². The normalized spacial score (nSPS) is 10.8. The van der Waals surface area contributed by atoms with Gasteiger partial charge in [-0.3, -0.25) is 14.6 Å². The van der Waals surface area contributed by atoms with Crippen LogP contribution in [0.2, 0.25) is 0 Å². The number of pyridine rings is 2. The molecule has 4 rings (SSSR count). The molecule has 0 saturated carbocycles. The van der Waals surface area contributed by atoms with E-state index in [1.807, 2.05) is 65.2 Å². The topological polar surface area (TPSA) is 55.2 Å². The molecule has 29 heavy (non-hydrogen) atoms. The smallest absolute Gasteiger partial charge is 0.259 e. The van der Waals surface area contributed by atoms with Gasteiger partial charge in [0.25, 0.3) is 5.91 Å². The zero-order chi connectivity index (χ0) is 20.2. The molecule has 4 aromatic rings. The third-order valence-electron chi connectivity index (χ3n) is 4.90. The van der Waals surface area contributed by atoms with Crippen LogP contribution in [-0.2, 0) is 13.1 Å². The third-order valence-corrected chi connectivity index (χ3v) is 4.90. The Kier molecular flexibility index (Phi) is 5.20. The number of hydrogen-bond donors (Lipinski definition) is 0. The van der Waals surface area contributed by atoms with Crippen molar-refractivity contribution in [1.29, 1.82) is 0 Å². The molecular weight excluding hydrogens is 362 g/mol. The number of para-hydroxylation sites is 1. The van der Waals surface area contributed by atoms with Crippen molar-refractivity contribution in [3.63, 3.8) is 0 Å². The number of hydrogen-bond acceptors (Lipinski definition) is 3. The maximum atomic E-state index is 13.1. The Labute approximate surface area is 168 Å². The number of carbonyl (C=O) groups is 1. The van der Waals surface area contributed by atoms with Gasteiger partial charge in [-0.1, -0.05) is 48.5 Å². The molecule has 2 heterocycles. The summed E-state index contributed by atoms with van der Waals surface area (Å²) in [5, 5.41) is 0.545. The predicted octanol–water partition coefficient (Wildman–Crippen LogP) is 3.72. The van der Waals surface area contributed by atoms with E-state index >= 15 is 0 Å². The van der Waals surface area contributed by atoms with Gasteiger partial charge < -0.3 is 9.47 Å². The summed E-state index contributed by atoms with van der Waals surface area (Å²) in [4.78, 5) is 31.8. The predicted molar refractivity (Wildman–Crippen MR) is 114 cm³/mol. The molecule has 0 radical (unpaired) electrons. The molecule has 0 saturated heterocycles. The van der Waals surface area contributed by atoms with Crippen LogP contribution in [0.4, 0.5) is 0 Å². The zero-order valence-corrected chi connectivity index (χ0v) is 16.2. The van der Waals surface area contributed by atoms with E-state index in [-0.39, 0.29) is 16.9 Å². The molecule has 0 N–H and O–H groups in total. The first-order valence-corrected chi connectivity index (χ1v) is 9.44. The molecule has 2 aromatic heterocycles. The molecule has 2 aromatic carbocycles. The average molecular weight is 383 g/mol. The summed E-state index contributed by atoms with van der Waals surface area (Å²) in [6.45, 7) is 0.964. The van der Waals surface area contributed by atoms with E-state index in [1.54, 1.807) is 36.6 Å². The number of nitrogens with zero attached hydrogens (tertiary/aromatic N) is 3. The van der Waals surface area contributed by atoms with Gasteiger partial charge in [-0.25, -0.2) is 0 Å². The minimum atomic E-state index is -0.300. The maximum absolute atomic E-state index is 13.1. The lowest BCUT2D eigenvalue weighted by molar-refractivity contribution is 0.0783. The Morgan fingerprint density at radius 1 is 0.966 bits per heavy atom. The molecule has 0 atom stereocenters. The van der Waals surface area contributed by atoms with Crippen molar-refractivity contribution in [2.45, 2.75) is 13.1 Å². The van der Waals surface area contributed by atoms with Crippen LogP contribution in [0.1, 0.15) is 21.5 Å². The van der Waals surface area contributed by atoms with E-state index in [0.29, 0.717) is 18.5 Å². The lowest BCUT2D eigenvalue weighted by Gasteiger charge is -2.19. The van der Waals surface area contributed by atoms with Crippen LogP contribution in [0, 0.1) is 0 Å². The average Bonchev–Trinajstić information content (AvgIpc) is 2.77. The number of benzene rings is 2. The van der Waals surface area contributed by atoms with Gasteiger partial charge in [-0.05, 0) is 29.3 Å². The van der Waals surface area contributed by atoms with Gasteiger partial charge in [0.2, 0.25) is 5.43 Å². The highest BCUT2D eigenvalue weighted by Gasteiger charge is 2.19. The second kappa shape index (κ2) is 8.10. The first kappa shape index (κ1) is 18.6. The Morgan fingerprint density at radius 2 is 1.69 bits per heavy atom. The highest BCUT2D eigenvalue weighted by Crippen LogP contribution is 2.15. The third kappa shape index (κ3) is 3.94. The van der Waals surface area contributed by atoms with E-state index in [1.165, 1.54) is 0 Å². The van der Waals surface area contributed by atoms with Gasteiger partial charge in [0.1, 0.15) is 5.56 Å². The fourth-order valence-corrected chi connectivity index (χ4v) is 3.45. The van der Waals surface area contributed by atoms with Crippen LogP contribution in [0.25, 0.3) is 10.9 Å². The van der Waals surface area contributed by atoms with Gasteiger partial charge in [0.05, 0.1) is 5.52 Å². The summed E-state index contributed by atoms with van der Waals surface area (Å²) in [6.07, 6.45) is 5.09. The Hall–Kier alpha value is -3.73. The Morgan fingerprint density at radius 3 is 2.45 bits per heavy atom. The maximum Gasteiger partial charge on any atom is 0.259 e. The lowest BCUT2D eigenvalue weighted by atomic mass is 10.1. The monoisotopic (exact) mass is 383 g/mol. The van der Waals surface area contributed by atoms with Crippen molar-refractivity contribution in [2.24, 2.45) is 0 Å². The minimum Gasteiger partial charge on any atom is -0.342 e. The summed E-state index contributed by atoms with van der Waals surface area (Å²) in [5.41, 5.74) is 2.75. The molecule has 5 heteroatoms. The van der Waals surface area contributed by atoms with Crippen LogP contribution in [0.3, 0.4) is 0 Å². The van der Waals surface area contributed by atoms with Crippen molar-refractivity contribution in [2.75, 3.05) is 7.05 Å². The van der Waals surface area contributed by atoms with Gasteiger partial charge >= 0.3 is 0 Å². The molecule has 144 valence electrons. The largest absolute Gasteiger partial charge is 0.342 e. The number of carbonyl (C=O) groups excluding carboxylic acids is 1. The molecule has 5 nitrogen and oxygen atoms in total. The number of amides is 1. The molecule has 1 amide bonds. The van der Waals surface area contributed by atoms with E-state index < -0.39 is 0 Å². The molecule has 0 aliphatic carbocycles. The molecule has 0 bridgehead atoms. The first-order chi connectivity index (χ1) is 14.1. The second-order valence-electron chi connectivity index (χ2n) is 7.03. The minimum absolute atomic E-state index is 0.172. The van der Waals surface area contributed by atoms with Crippen LogP contribution < -0.4 is 5.43 Å². The van der Waals surface area contributed by atoms with Crippen LogP contribution in [0.5, 0.6) is 0 Å². The van der Waals surface area contributed by atoms with Crippen molar-refractivity contribution >= 4 is 16.8 Å². The molecule has 0 fully saturated rings.